The number of rotatable bonds is 5. The largest absolute Gasteiger partial charge is 0.409 e. The fraction of sp³-hybridized carbons (Fsp3) is 0.867. The van der Waals surface area contributed by atoms with E-state index in [-0.39, 0.29) is 17.7 Å². The minimum Gasteiger partial charge on any atom is -0.409 e. The topological polar surface area (TPSA) is 87.7 Å². The number of hydrogen-bond donors (Lipinski definition) is 3. The average Bonchev–Trinajstić information content (AvgIpc) is 2.50. The van der Waals surface area contributed by atoms with Gasteiger partial charge in [0.1, 0.15) is 5.84 Å². The fourth-order valence-electron chi connectivity index (χ4n) is 3.79. The average molecular weight is 281 g/mol. The first kappa shape index (κ1) is 15.1. The van der Waals surface area contributed by atoms with Crippen molar-refractivity contribution >= 4 is 11.7 Å². The molecule has 2 saturated carbocycles. The summed E-state index contributed by atoms with van der Waals surface area (Å²) in [6.45, 7) is 0.611. The molecule has 0 heterocycles. The van der Waals surface area contributed by atoms with Crippen molar-refractivity contribution in [1.29, 1.82) is 0 Å². The highest BCUT2D eigenvalue weighted by molar-refractivity contribution is 5.80. The molecule has 1 amide bonds. The summed E-state index contributed by atoms with van der Waals surface area (Å²) in [6.07, 6.45) is 10.0. The monoisotopic (exact) mass is 281 g/mol. The van der Waals surface area contributed by atoms with Crippen molar-refractivity contribution in [2.75, 3.05) is 6.54 Å². The number of fused-ring (bicyclic) bond motifs is 1. The van der Waals surface area contributed by atoms with Crippen LogP contribution in [0.1, 0.15) is 57.8 Å². The Morgan fingerprint density at radius 3 is 2.70 bits per heavy atom. The predicted molar refractivity (Wildman–Crippen MR) is 78.4 cm³/mol. The van der Waals surface area contributed by atoms with Gasteiger partial charge in [-0.25, -0.2) is 0 Å². The lowest BCUT2D eigenvalue weighted by Gasteiger charge is -2.38. The van der Waals surface area contributed by atoms with Crippen LogP contribution in [0.2, 0.25) is 0 Å². The molecule has 2 fully saturated rings. The van der Waals surface area contributed by atoms with E-state index < -0.39 is 0 Å². The Morgan fingerprint density at radius 2 is 1.95 bits per heavy atom. The molecule has 0 aromatic heterocycles. The summed E-state index contributed by atoms with van der Waals surface area (Å²) in [7, 11) is 0. The van der Waals surface area contributed by atoms with Gasteiger partial charge in [0.2, 0.25) is 5.91 Å². The molecule has 0 saturated heterocycles. The summed E-state index contributed by atoms with van der Waals surface area (Å²) < 4.78 is 0. The zero-order valence-corrected chi connectivity index (χ0v) is 12.2. The number of carbonyl (C=O) groups is 1. The van der Waals surface area contributed by atoms with Crippen LogP contribution in [0.3, 0.4) is 0 Å². The summed E-state index contributed by atoms with van der Waals surface area (Å²) in [6, 6.07) is 0. The van der Waals surface area contributed by atoms with Gasteiger partial charge in [-0.1, -0.05) is 30.8 Å². The highest BCUT2D eigenvalue weighted by atomic mass is 16.4. The SMILES string of the molecule is NC(CCCNC(=O)C1CCC2CCCCC2C1)=NO. The number of oxime groups is 1. The molecule has 5 heteroatoms. The molecule has 3 atom stereocenters. The third-order valence-corrected chi connectivity index (χ3v) is 4.95. The molecule has 0 bridgehead atoms. The first-order valence-corrected chi connectivity index (χ1v) is 7.95. The van der Waals surface area contributed by atoms with Gasteiger partial charge in [-0.3, -0.25) is 4.79 Å². The Morgan fingerprint density at radius 1 is 1.20 bits per heavy atom. The zero-order valence-electron chi connectivity index (χ0n) is 12.2. The third-order valence-electron chi connectivity index (χ3n) is 4.95. The Balaban J connectivity index is 1.68. The van der Waals surface area contributed by atoms with Crippen LogP contribution in [-0.2, 0) is 4.79 Å². The van der Waals surface area contributed by atoms with Gasteiger partial charge in [0.15, 0.2) is 0 Å². The van der Waals surface area contributed by atoms with E-state index in [0.717, 1.165) is 31.1 Å². The Bertz CT molecular complexity index is 357. The maximum Gasteiger partial charge on any atom is 0.223 e. The number of nitrogens with zero attached hydrogens (tertiary/aromatic N) is 1. The first-order valence-electron chi connectivity index (χ1n) is 7.95. The van der Waals surface area contributed by atoms with Crippen LogP contribution < -0.4 is 11.1 Å². The van der Waals surface area contributed by atoms with E-state index in [1.165, 1.54) is 32.1 Å². The number of hydrogen-bond acceptors (Lipinski definition) is 3. The molecule has 0 radical (unpaired) electrons. The Labute approximate surface area is 121 Å². The minimum atomic E-state index is 0.202. The molecule has 0 aliphatic heterocycles. The van der Waals surface area contributed by atoms with Crippen molar-refractivity contribution in [2.24, 2.45) is 28.6 Å². The molecule has 0 aromatic rings. The predicted octanol–water partition coefficient (Wildman–Crippen LogP) is 2.24. The second-order valence-electron chi connectivity index (χ2n) is 6.30. The van der Waals surface area contributed by atoms with E-state index >= 15 is 0 Å². The van der Waals surface area contributed by atoms with Gasteiger partial charge in [0.25, 0.3) is 0 Å². The summed E-state index contributed by atoms with van der Waals surface area (Å²) >= 11 is 0. The van der Waals surface area contributed by atoms with Crippen molar-refractivity contribution < 1.29 is 10.0 Å². The molecule has 2 rings (SSSR count). The standard InChI is InChI=1S/C15H27N3O2/c16-14(18-20)6-3-9-17-15(19)13-8-7-11-4-1-2-5-12(11)10-13/h11-13,20H,1-10H2,(H2,16,18)(H,17,19). The molecular formula is C15H27N3O2. The summed E-state index contributed by atoms with van der Waals surface area (Å²) in [5.41, 5.74) is 5.39. The molecule has 4 N–H and O–H groups in total. The summed E-state index contributed by atoms with van der Waals surface area (Å²) in [5.74, 6) is 2.30. The van der Waals surface area contributed by atoms with Gasteiger partial charge in [-0.05, 0) is 37.5 Å². The molecule has 20 heavy (non-hydrogen) atoms. The van der Waals surface area contributed by atoms with E-state index in [4.69, 9.17) is 10.9 Å². The number of nitrogens with two attached hydrogens (primary N) is 1. The number of amidine groups is 1. The molecule has 114 valence electrons. The van der Waals surface area contributed by atoms with Crippen LogP contribution in [0.4, 0.5) is 0 Å². The van der Waals surface area contributed by atoms with Crippen LogP contribution >= 0.6 is 0 Å². The van der Waals surface area contributed by atoms with E-state index in [0.29, 0.717) is 13.0 Å². The second-order valence-corrected chi connectivity index (χ2v) is 6.30. The normalized spacial score (nSPS) is 30.6. The van der Waals surface area contributed by atoms with E-state index in [2.05, 4.69) is 10.5 Å². The molecule has 0 aromatic carbocycles. The van der Waals surface area contributed by atoms with Gasteiger partial charge in [0.05, 0.1) is 0 Å². The molecule has 2 aliphatic carbocycles. The number of carbonyl (C=O) groups excluding carboxylic acids is 1. The van der Waals surface area contributed by atoms with Crippen molar-refractivity contribution in [3.8, 4) is 0 Å². The lowest BCUT2D eigenvalue weighted by atomic mass is 9.67. The lowest BCUT2D eigenvalue weighted by molar-refractivity contribution is -0.127. The molecular weight excluding hydrogens is 254 g/mol. The van der Waals surface area contributed by atoms with Crippen LogP contribution in [0.25, 0.3) is 0 Å². The van der Waals surface area contributed by atoms with Crippen molar-refractivity contribution in [2.45, 2.75) is 57.8 Å². The minimum absolute atomic E-state index is 0.202. The molecule has 2 aliphatic rings. The van der Waals surface area contributed by atoms with Gasteiger partial charge in [0, 0.05) is 18.9 Å². The summed E-state index contributed by atoms with van der Waals surface area (Å²) in [5, 5.41) is 14.4. The highest BCUT2D eigenvalue weighted by Crippen LogP contribution is 2.42. The highest BCUT2D eigenvalue weighted by Gasteiger charge is 2.34. The smallest absolute Gasteiger partial charge is 0.223 e. The van der Waals surface area contributed by atoms with E-state index in [1.54, 1.807) is 0 Å². The fourth-order valence-corrected chi connectivity index (χ4v) is 3.79. The van der Waals surface area contributed by atoms with Gasteiger partial charge in [-0.15, -0.1) is 0 Å². The van der Waals surface area contributed by atoms with Crippen molar-refractivity contribution in [3.05, 3.63) is 0 Å². The molecule has 3 unspecified atom stereocenters. The third kappa shape index (κ3) is 4.12. The van der Waals surface area contributed by atoms with Gasteiger partial charge < -0.3 is 16.3 Å². The number of nitrogens with one attached hydrogen (secondary N) is 1. The van der Waals surface area contributed by atoms with Crippen molar-refractivity contribution in [3.63, 3.8) is 0 Å². The Kier molecular flexibility index (Phi) is 5.68. The van der Waals surface area contributed by atoms with Gasteiger partial charge >= 0.3 is 0 Å². The first-order chi connectivity index (χ1) is 9.70. The lowest BCUT2D eigenvalue weighted by Crippen LogP contribution is -2.37. The van der Waals surface area contributed by atoms with E-state index in [1.807, 2.05) is 0 Å². The van der Waals surface area contributed by atoms with E-state index in [9.17, 15) is 4.79 Å². The van der Waals surface area contributed by atoms with Crippen LogP contribution in [0.5, 0.6) is 0 Å². The van der Waals surface area contributed by atoms with Crippen molar-refractivity contribution in [1.82, 2.24) is 5.32 Å². The maximum atomic E-state index is 12.2. The maximum absolute atomic E-state index is 12.2. The molecule has 0 spiro atoms. The quantitative estimate of drug-likeness (QED) is 0.237. The second kappa shape index (κ2) is 7.50. The van der Waals surface area contributed by atoms with Gasteiger partial charge in [-0.2, -0.15) is 0 Å². The van der Waals surface area contributed by atoms with Crippen LogP contribution in [0, 0.1) is 17.8 Å². The van der Waals surface area contributed by atoms with Crippen LogP contribution in [0.15, 0.2) is 5.16 Å². The number of amides is 1. The Hall–Kier alpha value is -1.26. The van der Waals surface area contributed by atoms with Crippen LogP contribution in [-0.4, -0.2) is 23.5 Å². The zero-order chi connectivity index (χ0) is 14.4. The molecule has 5 nitrogen and oxygen atoms in total. The summed E-state index contributed by atoms with van der Waals surface area (Å²) in [4.78, 5) is 12.2.